The average Bonchev–Trinajstić information content (AvgIpc) is 2.80. The lowest BCUT2D eigenvalue weighted by Crippen LogP contribution is -2.16. The second-order valence-electron chi connectivity index (χ2n) is 4.59. The van der Waals surface area contributed by atoms with Gasteiger partial charge in [0.25, 0.3) is 0 Å². The van der Waals surface area contributed by atoms with E-state index in [-0.39, 0.29) is 5.69 Å². The second-order valence-corrected chi connectivity index (χ2v) is 5.00. The van der Waals surface area contributed by atoms with Gasteiger partial charge in [0.15, 0.2) is 17.2 Å². The molecule has 1 aliphatic heterocycles. The van der Waals surface area contributed by atoms with Crippen LogP contribution < -0.4 is 9.47 Å². The average molecular weight is 310 g/mol. The van der Waals surface area contributed by atoms with E-state index in [0.717, 1.165) is 5.56 Å². The number of rotatable bonds is 3. The number of aromatic nitrogens is 3. The number of fused-ring (bicyclic) bond motifs is 1. The Morgan fingerprint density at radius 1 is 1.43 bits per heavy atom. The van der Waals surface area contributed by atoms with Crippen molar-refractivity contribution in [3.8, 4) is 11.5 Å². The number of carboxylic acids is 1. The summed E-state index contributed by atoms with van der Waals surface area (Å²) in [6.07, 6.45) is 0. The minimum atomic E-state index is -1.10. The van der Waals surface area contributed by atoms with Crippen molar-refractivity contribution in [3.05, 3.63) is 34.1 Å². The van der Waals surface area contributed by atoms with E-state index in [1.807, 2.05) is 6.07 Å². The normalized spacial score (nSPS) is 13.2. The minimum absolute atomic E-state index is 0.0568. The highest BCUT2D eigenvalue weighted by Gasteiger charge is 2.19. The highest BCUT2D eigenvalue weighted by atomic mass is 35.5. The van der Waals surface area contributed by atoms with Gasteiger partial charge in [0, 0.05) is 0 Å². The summed E-state index contributed by atoms with van der Waals surface area (Å²) in [6.45, 7) is 2.94. The third-order valence-corrected chi connectivity index (χ3v) is 3.45. The van der Waals surface area contributed by atoms with Crippen molar-refractivity contribution < 1.29 is 19.4 Å². The van der Waals surface area contributed by atoms with E-state index in [0.29, 0.717) is 42.0 Å². The van der Waals surface area contributed by atoms with Crippen LogP contribution in [0.15, 0.2) is 12.1 Å². The first kappa shape index (κ1) is 13.7. The van der Waals surface area contributed by atoms with Gasteiger partial charge in [-0.25, -0.2) is 9.48 Å². The van der Waals surface area contributed by atoms with Crippen LogP contribution in [0, 0.1) is 6.92 Å². The Morgan fingerprint density at radius 3 is 2.90 bits per heavy atom. The molecule has 1 aromatic heterocycles. The molecule has 0 atom stereocenters. The van der Waals surface area contributed by atoms with Gasteiger partial charge in [-0.2, -0.15) is 0 Å². The Morgan fingerprint density at radius 2 is 2.19 bits per heavy atom. The molecule has 2 aromatic rings. The number of hydrogen-bond donors (Lipinski definition) is 1. The molecule has 0 saturated carbocycles. The zero-order valence-electron chi connectivity index (χ0n) is 11.2. The first-order valence-electron chi connectivity index (χ1n) is 6.27. The smallest absolute Gasteiger partial charge is 0.358 e. The molecule has 0 bridgehead atoms. The summed E-state index contributed by atoms with van der Waals surface area (Å²) in [5.41, 5.74) is 1.25. The van der Waals surface area contributed by atoms with Gasteiger partial charge in [0.2, 0.25) is 0 Å². The molecular formula is C13H12ClN3O4. The fraction of sp³-hybridized carbons (Fsp3) is 0.308. The van der Waals surface area contributed by atoms with Crippen molar-refractivity contribution in [1.82, 2.24) is 15.0 Å². The van der Waals surface area contributed by atoms with Gasteiger partial charge >= 0.3 is 5.97 Å². The SMILES string of the molecule is Cc1c(C(=O)O)nnn1Cc1cc(Cl)c2c(c1)OCCO2. The third-order valence-electron chi connectivity index (χ3n) is 3.17. The molecular weight excluding hydrogens is 298 g/mol. The molecule has 7 nitrogen and oxygen atoms in total. The van der Waals surface area contributed by atoms with E-state index in [1.54, 1.807) is 13.0 Å². The van der Waals surface area contributed by atoms with E-state index in [4.69, 9.17) is 26.2 Å². The van der Waals surface area contributed by atoms with Crippen LogP contribution in [0.4, 0.5) is 0 Å². The van der Waals surface area contributed by atoms with E-state index in [2.05, 4.69) is 10.3 Å². The Kier molecular flexibility index (Phi) is 3.42. The zero-order chi connectivity index (χ0) is 15.0. The fourth-order valence-electron chi connectivity index (χ4n) is 2.14. The number of ether oxygens (including phenoxy) is 2. The van der Waals surface area contributed by atoms with Gasteiger partial charge in [-0.3, -0.25) is 0 Å². The van der Waals surface area contributed by atoms with E-state index in [1.165, 1.54) is 4.68 Å². The van der Waals surface area contributed by atoms with Crippen molar-refractivity contribution in [2.75, 3.05) is 13.2 Å². The number of benzene rings is 1. The lowest BCUT2D eigenvalue weighted by atomic mass is 10.2. The second kappa shape index (κ2) is 5.25. The van der Waals surface area contributed by atoms with Gasteiger partial charge in [-0.1, -0.05) is 16.8 Å². The Balaban J connectivity index is 1.92. The first-order chi connectivity index (χ1) is 10.1. The van der Waals surface area contributed by atoms with Crippen LogP contribution in [0.3, 0.4) is 0 Å². The molecule has 0 fully saturated rings. The number of hydrogen-bond acceptors (Lipinski definition) is 5. The summed E-state index contributed by atoms with van der Waals surface area (Å²) >= 11 is 6.16. The largest absolute Gasteiger partial charge is 0.486 e. The van der Waals surface area contributed by atoms with Gasteiger partial charge in [-0.05, 0) is 24.6 Å². The molecule has 0 saturated heterocycles. The number of carboxylic acid groups (broad SMARTS) is 1. The topological polar surface area (TPSA) is 86.5 Å². The van der Waals surface area contributed by atoms with Crippen molar-refractivity contribution in [2.45, 2.75) is 13.5 Å². The van der Waals surface area contributed by atoms with E-state index >= 15 is 0 Å². The van der Waals surface area contributed by atoms with Crippen LogP contribution in [0.2, 0.25) is 5.02 Å². The van der Waals surface area contributed by atoms with Crippen LogP contribution in [0.25, 0.3) is 0 Å². The maximum absolute atomic E-state index is 11.0. The molecule has 21 heavy (non-hydrogen) atoms. The molecule has 2 heterocycles. The molecule has 0 amide bonds. The summed E-state index contributed by atoms with van der Waals surface area (Å²) in [4.78, 5) is 11.0. The van der Waals surface area contributed by atoms with Crippen LogP contribution in [0.5, 0.6) is 11.5 Å². The molecule has 8 heteroatoms. The summed E-state index contributed by atoms with van der Waals surface area (Å²) in [7, 11) is 0. The third kappa shape index (κ3) is 2.52. The molecule has 0 aliphatic carbocycles. The number of aromatic carboxylic acids is 1. The van der Waals surface area contributed by atoms with Crippen LogP contribution in [-0.2, 0) is 6.54 Å². The molecule has 110 valence electrons. The Hall–Kier alpha value is -2.28. The number of halogens is 1. The highest BCUT2D eigenvalue weighted by Crippen LogP contribution is 2.38. The Labute approximate surface area is 125 Å². The van der Waals surface area contributed by atoms with Crippen molar-refractivity contribution in [2.24, 2.45) is 0 Å². The molecule has 3 rings (SSSR count). The predicted molar refractivity (Wildman–Crippen MR) is 73.3 cm³/mol. The van der Waals surface area contributed by atoms with E-state index in [9.17, 15) is 4.79 Å². The zero-order valence-corrected chi connectivity index (χ0v) is 11.9. The van der Waals surface area contributed by atoms with Gasteiger partial charge < -0.3 is 14.6 Å². The van der Waals surface area contributed by atoms with Gasteiger partial charge in [0.1, 0.15) is 13.2 Å². The maximum Gasteiger partial charge on any atom is 0.358 e. The van der Waals surface area contributed by atoms with Crippen LogP contribution in [0.1, 0.15) is 21.7 Å². The monoisotopic (exact) mass is 309 g/mol. The summed E-state index contributed by atoms with van der Waals surface area (Å²) in [5.74, 6) is 0.0205. The molecule has 1 aliphatic rings. The minimum Gasteiger partial charge on any atom is -0.486 e. The highest BCUT2D eigenvalue weighted by molar-refractivity contribution is 6.32. The number of nitrogens with zero attached hydrogens (tertiary/aromatic N) is 3. The standard InChI is InChI=1S/C13H12ClN3O4/c1-7-11(13(18)19)15-16-17(7)6-8-4-9(14)12-10(5-8)20-2-3-21-12/h4-5H,2-3,6H2,1H3,(H,18,19). The quantitative estimate of drug-likeness (QED) is 0.929. The number of carbonyl (C=O) groups is 1. The van der Waals surface area contributed by atoms with Crippen molar-refractivity contribution >= 4 is 17.6 Å². The summed E-state index contributed by atoms with van der Waals surface area (Å²) in [6, 6.07) is 3.55. The maximum atomic E-state index is 11.0. The Bertz CT molecular complexity index is 714. The van der Waals surface area contributed by atoms with Crippen molar-refractivity contribution in [1.29, 1.82) is 0 Å². The first-order valence-corrected chi connectivity index (χ1v) is 6.65. The fourth-order valence-corrected chi connectivity index (χ4v) is 2.42. The van der Waals surface area contributed by atoms with E-state index < -0.39 is 5.97 Å². The summed E-state index contributed by atoms with van der Waals surface area (Å²) in [5, 5.41) is 16.9. The van der Waals surface area contributed by atoms with Crippen LogP contribution >= 0.6 is 11.6 Å². The van der Waals surface area contributed by atoms with Gasteiger partial charge in [-0.15, -0.1) is 5.10 Å². The van der Waals surface area contributed by atoms with Crippen LogP contribution in [-0.4, -0.2) is 39.3 Å². The molecule has 0 unspecified atom stereocenters. The predicted octanol–water partition coefficient (Wildman–Crippen LogP) is 1.76. The molecule has 0 spiro atoms. The van der Waals surface area contributed by atoms with Gasteiger partial charge in [0.05, 0.1) is 17.3 Å². The molecule has 1 N–H and O–H groups in total. The lowest BCUT2D eigenvalue weighted by molar-refractivity contribution is 0.0689. The lowest BCUT2D eigenvalue weighted by Gasteiger charge is -2.20. The summed E-state index contributed by atoms with van der Waals surface area (Å²) < 4.78 is 12.5. The molecule has 1 aromatic carbocycles. The molecule has 0 radical (unpaired) electrons. The van der Waals surface area contributed by atoms with Crippen molar-refractivity contribution in [3.63, 3.8) is 0 Å².